The van der Waals surface area contributed by atoms with E-state index < -0.39 is 0 Å². The quantitative estimate of drug-likeness (QED) is 0.822. The predicted octanol–water partition coefficient (Wildman–Crippen LogP) is 3.31. The van der Waals surface area contributed by atoms with E-state index in [4.69, 9.17) is 0 Å². The van der Waals surface area contributed by atoms with Crippen molar-refractivity contribution in [3.63, 3.8) is 0 Å². The number of likely N-dealkylation sites (tertiary alicyclic amines) is 1. The van der Waals surface area contributed by atoms with Crippen molar-refractivity contribution >= 4 is 21.8 Å². The van der Waals surface area contributed by atoms with Crippen molar-refractivity contribution in [3.05, 3.63) is 22.4 Å². The molecule has 1 aromatic heterocycles. The van der Waals surface area contributed by atoms with Crippen molar-refractivity contribution in [2.75, 3.05) is 13.1 Å². The zero-order valence-corrected chi connectivity index (χ0v) is 12.2. The van der Waals surface area contributed by atoms with Crippen LogP contribution in [0.5, 0.6) is 0 Å². The molecule has 1 aromatic rings. The molecule has 4 heteroatoms. The lowest BCUT2D eigenvalue weighted by Gasteiger charge is -2.19. The standard InChI is InChI=1S/C13H19BrN2O/c1-9(2)16-8-11(14)6-12(16)13(17)15-5-4-10(3)7-15/h6,8-10H,4-5,7H2,1-3H3. The maximum Gasteiger partial charge on any atom is 0.270 e. The largest absolute Gasteiger partial charge is 0.340 e. The van der Waals surface area contributed by atoms with Gasteiger partial charge in [0.2, 0.25) is 0 Å². The Balaban J connectivity index is 2.24. The molecule has 0 bridgehead atoms. The minimum absolute atomic E-state index is 0.161. The molecule has 0 saturated carbocycles. The lowest BCUT2D eigenvalue weighted by atomic mass is 10.2. The van der Waals surface area contributed by atoms with E-state index in [2.05, 4.69) is 36.7 Å². The number of hydrogen-bond donors (Lipinski definition) is 0. The van der Waals surface area contributed by atoms with Crippen LogP contribution in [0.3, 0.4) is 0 Å². The van der Waals surface area contributed by atoms with Crippen LogP contribution in [-0.4, -0.2) is 28.5 Å². The van der Waals surface area contributed by atoms with Gasteiger partial charge in [0.15, 0.2) is 0 Å². The third-order valence-corrected chi connectivity index (χ3v) is 3.74. The second-order valence-electron chi connectivity index (χ2n) is 5.19. The molecule has 1 fully saturated rings. The normalized spacial score (nSPS) is 20.3. The van der Waals surface area contributed by atoms with E-state index in [0.29, 0.717) is 12.0 Å². The topological polar surface area (TPSA) is 25.2 Å². The Morgan fingerprint density at radius 1 is 1.53 bits per heavy atom. The van der Waals surface area contributed by atoms with Gasteiger partial charge >= 0.3 is 0 Å². The Morgan fingerprint density at radius 2 is 2.24 bits per heavy atom. The summed E-state index contributed by atoms with van der Waals surface area (Å²) >= 11 is 3.45. The number of amides is 1. The number of hydrogen-bond acceptors (Lipinski definition) is 1. The molecule has 1 aliphatic rings. The van der Waals surface area contributed by atoms with Gasteiger partial charge in [0, 0.05) is 29.8 Å². The second-order valence-corrected chi connectivity index (χ2v) is 6.11. The van der Waals surface area contributed by atoms with E-state index in [0.717, 1.165) is 29.7 Å². The van der Waals surface area contributed by atoms with Gasteiger partial charge in [0.05, 0.1) is 0 Å². The number of carbonyl (C=O) groups excluding carboxylic acids is 1. The molecule has 1 atom stereocenters. The summed E-state index contributed by atoms with van der Waals surface area (Å²) in [7, 11) is 0. The van der Waals surface area contributed by atoms with E-state index in [1.54, 1.807) is 0 Å². The third kappa shape index (κ3) is 2.57. The molecule has 0 radical (unpaired) electrons. The monoisotopic (exact) mass is 298 g/mol. The summed E-state index contributed by atoms with van der Waals surface area (Å²) in [5.41, 5.74) is 0.793. The average molecular weight is 299 g/mol. The summed E-state index contributed by atoms with van der Waals surface area (Å²) in [6, 6.07) is 2.23. The fourth-order valence-corrected chi connectivity index (χ4v) is 2.76. The van der Waals surface area contributed by atoms with Gasteiger partial charge < -0.3 is 9.47 Å². The van der Waals surface area contributed by atoms with Crippen LogP contribution in [0.15, 0.2) is 16.7 Å². The maximum absolute atomic E-state index is 12.4. The Morgan fingerprint density at radius 3 is 2.76 bits per heavy atom. The van der Waals surface area contributed by atoms with Gasteiger partial charge in [-0.3, -0.25) is 4.79 Å². The van der Waals surface area contributed by atoms with Gasteiger partial charge in [0.1, 0.15) is 5.69 Å². The lowest BCUT2D eigenvalue weighted by Crippen LogP contribution is -2.30. The van der Waals surface area contributed by atoms with Gasteiger partial charge in [-0.1, -0.05) is 6.92 Å². The van der Waals surface area contributed by atoms with Gasteiger partial charge in [-0.2, -0.15) is 0 Å². The highest BCUT2D eigenvalue weighted by molar-refractivity contribution is 9.10. The lowest BCUT2D eigenvalue weighted by molar-refractivity contribution is 0.0776. The van der Waals surface area contributed by atoms with Gasteiger partial charge in [0.25, 0.3) is 5.91 Å². The van der Waals surface area contributed by atoms with Gasteiger partial charge in [-0.25, -0.2) is 0 Å². The molecule has 94 valence electrons. The number of aromatic nitrogens is 1. The Kier molecular flexibility index (Phi) is 3.61. The predicted molar refractivity (Wildman–Crippen MR) is 72.2 cm³/mol. The molecular weight excluding hydrogens is 280 g/mol. The number of carbonyl (C=O) groups is 1. The van der Waals surface area contributed by atoms with Gasteiger partial charge in [-0.05, 0) is 48.2 Å². The first-order valence-corrected chi connectivity index (χ1v) is 6.95. The summed E-state index contributed by atoms with van der Waals surface area (Å²) in [6.45, 7) is 8.16. The highest BCUT2D eigenvalue weighted by atomic mass is 79.9. The molecular formula is C13H19BrN2O. The molecule has 3 nitrogen and oxygen atoms in total. The van der Waals surface area contributed by atoms with E-state index in [9.17, 15) is 4.79 Å². The van der Waals surface area contributed by atoms with Crippen molar-refractivity contribution < 1.29 is 4.79 Å². The van der Waals surface area contributed by atoms with Crippen LogP contribution in [0.2, 0.25) is 0 Å². The van der Waals surface area contributed by atoms with Crippen molar-refractivity contribution in [3.8, 4) is 0 Å². The molecule has 1 saturated heterocycles. The maximum atomic E-state index is 12.4. The first-order valence-electron chi connectivity index (χ1n) is 6.15. The zero-order valence-electron chi connectivity index (χ0n) is 10.6. The van der Waals surface area contributed by atoms with Gasteiger partial charge in [-0.15, -0.1) is 0 Å². The SMILES string of the molecule is CC1CCN(C(=O)c2cc(Br)cn2C(C)C)C1. The first kappa shape index (κ1) is 12.7. The first-order chi connectivity index (χ1) is 7.99. The minimum Gasteiger partial charge on any atom is -0.340 e. The number of nitrogens with zero attached hydrogens (tertiary/aromatic N) is 2. The molecule has 0 N–H and O–H groups in total. The molecule has 2 heterocycles. The Hall–Kier alpha value is -0.770. The highest BCUT2D eigenvalue weighted by Crippen LogP contribution is 2.23. The molecule has 1 aliphatic heterocycles. The van der Waals surface area contributed by atoms with E-state index >= 15 is 0 Å². The second kappa shape index (κ2) is 4.84. The van der Waals surface area contributed by atoms with Crippen LogP contribution in [0.1, 0.15) is 43.7 Å². The van der Waals surface area contributed by atoms with E-state index in [1.165, 1.54) is 0 Å². The molecule has 0 aliphatic carbocycles. The average Bonchev–Trinajstić information content (AvgIpc) is 2.83. The summed E-state index contributed by atoms with van der Waals surface area (Å²) in [5.74, 6) is 0.790. The minimum atomic E-state index is 0.161. The van der Waals surface area contributed by atoms with E-state index in [1.807, 2.05) is 21.7 Å². The number of rotatable bonds is 2. The van der Waals surface area contributed by atoms with Crippen LogP contribution in [0, 0.1) is 5.92 Å². The van der Waals surface area contributed by atoms with Crippen molar-refractivity contribution in [1.29, 1.82) is 0 Å². The van der Waals surface area contributed by atoms with Crippen LogP contribution in [0.4, 0.5) is 0 Å². The molecule has 0 spiro atoms. The Labute approximate surface area is 111 Å². The molecule has 0 aromatic carbocycles. The molecule has 1 amide bonds. The van der Waals surface area contributed by atoms with E-state index in [-0.39, 0.29) is 5.91 Å². The van der Waals surface area contributed by atoms with Crippen LogP contribution in [0.25, 0.3) is 0 Å². The van der Waals surface area contributed by atoms with Crippen LogP contribution >= 0.6 is 15.9 Å². The zero-order chi connectivity index (χ0) is 12.6. The fraction of sp³-hybridized carbons (Fsp3) is 0.615. The van der Waals surface area contributed by atoms with Crippen LogP contribution in [-0.2, 0) is 0 Å². The third-order valence-electron chi connectivity index (χ3n) is 3.30. The summed E-state index contributed by atoms with van der Waals surface area (Å²) in [5, 5.41) is 0. The van der Waals surface area contributed by atoms with Crippen molar-refractivity contribution in [1.82, 2.24) is 9.47 Å². The molecule has 17 heavy (non-hydrogen) atoms. The number of halogens is 1. The fourth-order valence-electron chi connectivity index (χ4n) is 2.33. The van der Waals surface area contributed by atoms with Crippen LogP contribution < -0.4 is 0 Å². The summed E-state index contributed by atoms with van der Waals surface area (Å²) < 4.78 is 3.01. The smallest absolute Gasteiger partial charge is 0.270 e. The van der Waals surface area contributed by atoms with Crippen molar-refractivity contribution in [2.45, 2.75) is 33.2 Å². The summed E-state index contributed by atoms with van der Waals surface area (Å²) in [4.78, 5) is 14.4. The summed E-state index contributed by atoms with van der Waals surface area (Å²) in [6.07, 6.45) is 3.10. The Bertz CT molecular complexity index is 425. The molecule has 2 rings (SSSR count). The highest BCUT2D eigenvalue weighted by Gasteiger charge is 2.26. The molecule has 1 unspecified atom stereocenters. The van der Waals surface area contributed by atoms with Crippen molar-refractivity contribution in [2.24, 2.45) is 5.92 Å².